The molecule has 0 heterocycles. The molecule has 6 heteroatoms. The molecule has 400 valence electrons. The Hall–Kier alpha value is -4.45. The van der Waals surface area contributed by atoms with Gasteiger partial charge >= 0.3 is 17.9 Å². The lowest BCUT2D eigenvalue weighted by Gasteiger charge is -2.18. The Kier molecular flexibility index (Phi) is 54.5. The second-order valence-electron chi connectivity index (χ2n) is 18.4. The number of ether oxygens (including phenoxy) is 3. The number of allylic oxidation sites excluding steroid dienone is 22. The molecule has 0 aliphatic rings. The predicted octanol–water partition coefficient (Wildman–Crippen LogP) is 19.4. The number of carbonyl (C=O) groups excluding carboxylic acids is 3. The Morgan fingerprint density at radius 3 is 0.944 bits per heavy atom. The van der Waals surface area contributed by atoms with Crippen molar-refractivity contribution < 1.29 is 28.6 Å². The SMILES string of the molecule is CC/C=C\C/C=C\C/C=C\C/C=C\C/C=C\C/C=C\C/C=C\CCCC(=O)OCC(COC(=O)CCCCC/C=C\C/C=C\C/C=C\CC)OC(=O)CCCCCCCCC/C=C\CCCCCCCC. The molecule has 0 saturated carbocycles. The summed E-state index contributed by atoms with van der Waals surface area (Å²) in [7, 11) is 0. The molecule has 6 nitrogen and oxygen atoms in total. The van der Waals surface area contributed by atoms with Crippen molar-refractivity contribution in [2.24, 2.45) is 0 Å². The molecule has 0 aliphatic heterocycles. The first-order chi connectivity index (χ1) is 35.0. The third kappa shape index (κ3) is 56.3. The maximum absolute atomic E-state index is 12.9. The van der Waals surface area contributed by atoms with E-state index in [1.807, 2.05) is 0 Å². The van der Waals surface area contributed by atoms with Crippen LogP contribution in [-0.4, -0.2) is 37.2 Å². The molecule has 0 fully saturated rings. The van der Waals surface area contributed by atoms with E-state index in [1.54, 1.807) is 0 Å². The lowest BCUT2D eigenvalue weighted by molar-refractivity contribution is -0.167. The van der Waals surface area contributed by atoms with Crippen LogP contribution in [0.15, 0.2) is 134 Å². The van der Waals surface area contributed by atoms with Crippen molar-refractivity contribution >= 4 is 17.9 Å². The van der Waals surface area contributed by atoms with Gasteiger partial charge in [-0.05, 0) is 128 Å². The van der Waals surface area contributed by atoms with Gasteiger partial charge in [0.2, 0.25) is 0 Å². The van der Waals surface area contributed by atoms with Crippen LogP contribution in [0.5, 0.6) is 0 Å². The Labute approximate surface area is 436 Å². The molecular formula is C65H104O6. The van der Waals surface area contributed by atoms with Gasteiger partial charge in [0.1, 0.15) is 13.2 Å². The van der Waals surface area contributed by atoms with Crippen LogP contribution in [0.25, 0.3) is 0 Å². The molecule has 0 aromatic heterocycles. The smallest absolute Gasteiger partial charge is 0.306 e. The molecule has 1 atom stereocenters. The second kappa shape index (κ2) is 58.1. The lowest BCUT2D eigenvalue weighted by atomic mass is 10.1. The van der Waals surface area contributed by atoms with E-state index in [9.17, 15) is 14.4 Å². The van der Waals surface area contributed by atoms with Gasteiger partial charge in [-0.15, -0.1) is 0 Å². The van der Waals surface area contributed by atoms with Gasteiger partial charge in [0.15, 0.2) is 6.10 Å². The van der Waals surface area contributed by atoms with E-state index in [0.717, 1.165) is 116 Å². The molecule has 71 heavy (non-hydrogen) atoms. The van der Waals surface area contributed by atoms with Gasteiger partial charge in [-0.25, -0.2) is 0 Å². The highest BCUT2D eigenvalue weighted by Crippen LogP contribution is 2.13. The number of esters is 3. The van der Waals surface area contributed by atoms with Crippen LogP contribution in [0, 0.1) is 0 Å². The molecule has 0 bridgehead atoms. The minimum absolute atomic E-state index is 0.117. The summed E-state index contributed by atoms with van der Waals surface area (Å²) in [5.41, 5.74) is 0. The molecule has 0 rings (SSSR count). The Morgan fingerprint density at radius 1 is 0.296 bits per heavy atom. The summed E-state index contributed by atoms with van der Waals surface area (Å²) >= 11 is 0. The summed E-state index contributed by atoms with van der Waals surface area (Å²) in [4.78, 5) is 38.1. The predicted molar refractivity (Wildman–Crippen MR) is 306 cm³/mol. The molecule has 0 amide bonds. The number of hydrogen-bond donors (Lipinski definition) is 0. The first-order valence-corrected chi connectivity index (χ1v) is 28.7. The zero-order valence-electron chi connectivity index (χ0n) is 45.7. The zero-order chi connectivity index (χ0) is 51.4. The zero-order valence-corrected chi connectivity index (χ0v) is 45.7. The normalized spacial score (nSPS) is 13.1. The summed E-state index contributed by atoms with van der Waals surface area (Å²) in [6.45, 7) is 6.32. The Bertz CT molecular complexity index is 1550. The van der Waals surface area contributed by atoms with Gasteiger partial charge < -0.3 is 14.2 Å². The van der Waals surface area contributed by atoms with Crippen LogP contribution >= 0.6 is 0 Å². The van der Waals surface area contributed by atoms with Crippen LogP contribution < -0.4 is 0 Å². The maximum Gasteiger partial charge on any atom is 0.306 e. The summed E-state index contributed by atoms with van der Waals surface area (Å²) in [5, 5.41) is 0. The van der Waals surface area contributed by atoms with Gasteiger partial charge in [0.25, 0.3) is 0 Å². The van der Waals surface area contributed by atoms with E-state index in [1.165, 1.54) is 77.0 Å². The fraction of sp³-hybridized carbons (Fsp3) is 0.615. The quantitative estimate of drug-likeness (QED) is 0.0262. The highest BCUT2D eigenvalue weighted by atomic mass is 16.6. The number of unbranched alkanes of at least 4 members (excludes halogenated alkanes) is 17. The summed E-state index contributed by atoms with van der Waals surface area (Å²) in [6.07, 6.45) is 81.6. The first kappa shape index (κ1) is 66.6. The van der Waals surface area contributed by atoms with Crippen molar-refractivity contribution in [1.29, 1.82) is 0 Å². The molecule has 0 aromatic carbocycles. The number of rotatable bonds is 50. The van der Waals surface area contributed by atoms with Crippen LogP contribution in [0.3, 0.4) is 0 Å². The monoisotopic (exact) mass is 981 g/mol. The van der Waals surface area contributed by atoms with Gasteiger partial charge in [-0.1, -0.05) is 225 Å². The maximum atomic E-state index is 12.9. The average molecular weight is 982 g/mol. The minimum Gasteiger partial charge on any atom is -0.462 e. The topological polar surface area (TPSA) is 78.9 Å². The standard InChI is InChI=1S/C65H104O6/c1-4-7-10-13-16-19-22-25-27-29-30-31-32-33-34-36-37-40-43-46-49-52-55-58-64(67)70-61-62(60-69-63(66)57-54-51-48-45-42-39-24-21-18-15-12-9-6-3)71-65(68)59-56-53-50-47-44-41-38-35-28-26-23-20-17-14-11-8-5-2/h7,9-10,12,16,18-19,21,25-28,30-31,33-34,37,39-40,42,46,49,62H,4-6,8,11,13-15,17,20,22-24,29,32,35-36,38,41,43-45,47-48,50-61H2,1-3H3/b10-7-,12-9-,19-16-,21-18-,27-25-,28-26-,31-30-,34-33-,40-37-,42-39-,49-46-. The second-order valence-corrected chi connectivity index (χ2v) is 18.4. The van der Waals surface area contributed by atoms with Gasteiger partial charge in [-0.3, -0.25) is 14.4 Å². The molecule has 0 saturated heterocycles. The number of hydrogen-bond acceptors (Lipinski definition) is 6. The molecule has 0 aliphatic carbocycles. The van der Waals surface area contributed by atoms with Gasteiger partial charge in [0.05, 0.1) is 0 Å². The Balaban J connectivity index is 4.52. The average Bonchev–Trinajstić information content (AvgIpc) is 3.37. The van der Waals surface area contributed by atoms with E-state index in [-0.39, 0.29) is 37.5 Å². The molecule has 0 N–H and O–H groups in total. The molecule has 1 unspecified atom stereocenters. The van der Waals surface area contributed by atoms with Gasteiger partial charge in [0, 0.05) is 19.3 Å². The first-order valence-electron chi connectivity index (χ1n) is 28.7. The van der Waals surface area contributed by atoms with E-state index >= 15 is 0 Å². The number of carbonyl (C=O) groups is 3. The lowest BCUT2D eigenvalue weighted by Crippen LogP contribution is -2.30. The van der Waals surface area contributed by atoms with Crippen molar-refractivity contribution in [2.75, 3.05) is 13.2 Å². The van der Waals surface area contributed by atoms with Crippen LogP contribution in [0.4, 0.5) is 0 Å². The van der Waals surface area contributed by atoms with Crippen LogP contribution in [0.2, 0.25) is 0 Å². The fourth-order valence-corrected chi connectivity index (χ4v) is 7.38. The molecule has 0 aromatic rings. The van der Waals surface area contributed by atoms with Crippen molar-refractivity contribution in [3.8, 4) is 0 Å². The molecule has 0 radical (unpaired) electrons. The van der Waals surface area contributed by atoms with E-state index in [4.69, 9.17) is 14.2 Å². The summed E-state index contributed by atoms with van der Waals surface area (Å²) in [5.74, 6) is -1.01. The molecular weight excluding hydrogens is 877 g/mol. The van der Waals surface area contributed by atoms with Crippen molar-refractivity contribution in [3.05, 3.63) is 134 Å². The third-order valence-electron chi connectivity index (χ3n) is 11.6. The van der Waals surface area contributed by atoms with Gasteiger partial charge in [-0.2, -0.15) is 0 Å². The fourth-order valence-electron chi connectivity index (χ4n) is 7.38. The summed E-state index contributed by atoms with van der Waals surface area (Å²) in [6, 6.07) is 0. The highest BCUT2D eigenvalue weighted by molar-refractivity contribution is 5.71. The van der Waals surface area contributed by atoms with E-state index < -0.39 is 6.10 Å². The van der Waals surface area contributed by atoms with Crippen LogP contribution in [0.1, 0.15) is 239 Å². The molecule has 0 spiro atoms. The minimum atomic E-state index is -0.821. The third-order valence-corrected chi connectivity index (χ3v) is 11.6. The van der Waals surface area contributed by atoms with Crippen molar-refractivity contribution in [3.63, 3.8) is 0 Å². The van der Waals surface area contributed by atoms with E-state index in [0.29, 0.717) is 19.3 Å². The van der Waals surface area contributed by atoms with E-state index in [2.05, 4.69) is 154 Å². The largest absolute Gasteiger partial charge is 0.462 e. The van der Waals surface area contributed by atoms with Crippen LogP contribution in [-0.2, 0) is 28.6 Å². The van der Waals surface area contributed by atoms with Crippen molar-refractivity contribution in [1.82, 2.24) is 0 Å². The Morgan fingerprint density at radius 2 is 0.563 bits per heavy atom. The summed E-state index contributed by atoms with van der Waals surface area (Å²) < 4.78 is 16.8. The van der Waals surface area contributed by atoms with Crippen molar-refractivity contribution in [2.45, 2.75) is 245 Å². The highest BCUT2D eigenvalue weighted by Gasteiger charge is 2.19.